The minimum Gasteiger partial charge on any atom is -0.442 e. The fraction of sp³-hybridized carbons (Fsp3) is 0.167. The molecule has 0 aliphatic heterocycles. The van der Waals surface area contributed by atoms with E-state index in [0.29, 0.717) is 16.7 Å². The van der Waals surface area contributed by atoms with Gasteiger partial charge in [-0.1, -0.05) is 12.1 Å². The summed E-state index contributed by atoms with van der Waals surface area (Å²) in [4.78, 5) is 29.6. The molecule has 2 heterocycles. The Morgan fingerprint density at radius 1 is 1.28 bits per heavy atom. The number of benzene rings is 1. The summed E-state index contributed by atoms with van der Waals surface area (Å²) in [5.41, 5.74) is 1.27. The van der Waals surface area contributed by atoms with Crippen molar-refractivity contribution in [2.75, 3.05) is 0 Å². The van der Waals surface area contributed by atoms with Gasteiger partial charge < -0.3 is 4.74 Å². The molecule has 0 spiro atoms. The molecule has 25 heavy (non-hydrogen) atoms. The molecule has 1 atom stereocenters. The van der Waals surface area contributed by atoms with E-state index in [4.69, 9.17) is 4.74 Å². The van der Waals surface area contributed by atoms with Gasteiger partial charge in [0.1, 0.15) is 5.69 Å². The van der Waals surface area contributed by atoms with E-state index in [1.165, 1.54) is 11.5 Å². The normalized spacial score (nSPS) is 12.6. The van der Waals surface area contributed by atoms with Gasteiger partial charge in [-0.15, -0.1) is 11.3 Å². The Bertz CT molecular complexity index is 1020. The Morgan fingerprint density at radius 3 is 2.72 bits per heavy atom. The number of aromatic nitrogens is 2. The Balaban J connectivity index is 2.13. The van der Waals surface area contributed by atoms with E-state index < -0.39 is 12.2 Å². The van der Waals surface area contributed by atoms with Gasteiger partial charge in [-0.25, -0.2) is 4.98 Å². The van der Waals surface area contributed by atoms with Crippen molar-refractivity contribution in [3.05, 3.63) is 61.1 Å². The molecule has 0 fully saturated rings. The highest BCUT2D eigenvalue weighted by atomic mass is 79.9. The summed E-state index contributed by atoms with van der Waals surface area (Å²) in [5.74, 6) is -0.444. The van der Waals surface area contributed by atoms with E-state index in [1.807, 2.05) is 36.4 Å². The van der Waals surface area contributed by atoms with Crippen LogP contribution >= 0.6 is 27.3 Å². The van der Waals surface area contributed by atoms with Crippen LogP contribution < -0.4 is 5.56 Å². The van der Waals surface area contributed by atoms with Gasteiger partial charge in [-0.3, -0.25) is 14.2 Å². The third-order valence-corrected chi connectivity index (χ3v) is 5.11. The number of nitrogens with zero attached hydrogens (tertiary/aromatic N) is 2. The SMILES string of the molecule is CC(=O)OC(C)n1c(=O)c(/C=C/c2ccc(Br)s2)nc2ccccc21. The van der Waals surface area contributed by atoms with Gasteiger partial charge in [0.15, 0.2) is 6.23 Å². The van der Waals surface area contributed by atoms with Crippen LogP contribution in [-0.4, -0.2) is 15.5 Å². The van der Waals surface area contributed by atoms with Crippen LogP contribution in [0.1, 0.15) is 30.6 Å². The van der Waals surface area contributed by atoms with Crippen LogP contribution in [0, 0.1) is 0 Å². The van der Waals surface area contributed by atoms with Gasteiger partial charge in [0.05, 0.1) is 14.8 Å². The predicted octanol–water partition coefficient (Wildman–Crippen LogP) is 4.47. The molecule has 128 valence electrons. The minimum atomic E-state index is -0.721. The van der Waals surface area contributed by atoms with Crippen molar-refractivity contribution in [3.8, 4) is 0 Å². The first-order chi connectivity index (χ1) is 12.0. The molecule has 0 radical (unpaired) electrons. The molecular formula is C18H15BrN2O3S. The second-order valence-corrected chi connectivity index (χ2v) is 7.84. The first-order valence-electron chi connectivity index (χ1n) is 7.57. The number of carbonyl (C=O) groups excluding carboxylic acids is 1. The van der Waals surface area contributed by atoms with Crippen molar-refractivity contribution in [1.29, 1.82) is 0 Å². The fourth-order valence-corrected chi connectivity index (χ4v) is 3.84. The van der Waals surface area contributed by atoms with Crippen LogP contribution in [0.25, 0.3) is 23.2 Å². The molecule has 7 heteroatoms. The van der Waals surface area contributed by atoms with Crippen LogP contribution in [0.2, 0.25) is 0 Å². The first-order valence-corrected chi connectivity index (χ1v) is 9.18. The molecule has 0 amide bonds. The standard InChI is InChI=1S/C18H15BrN2O3S/c1-11(24-12(2)22)21-16-6-4-3-5-14(16)20-15(18(21)23)9-7-13-8-10-17(19)25-13/h3-11H,1-2H3/b9-7+. The quantitative estimate of drug-likeness (QED) is 0.586. The van der Waals surface area contributed by atoms with E-state index in [2.05, 4.69) is 20.9 Å². The number of ether oxygens (including phenoxy) is 1. The van der Waals surface area contributed by atoms with Crippen LogP contribution in [-0.2, 0) is 9.53 Å². The summed E-state index contributed by atoms with van der Waals surface area (Å²) in [6, 6.07) is 11.2. The lowest BCUT2D eigenvalue weighted by Gasteiger charge is -2.18. The molecule has 0 aliphatic rings. The number of thiophene rings is 1. The van der Waals surface area contributed by atoms with E-state index in [-0.39, 0.29) is 5.56 Å². The molecule has 3 aromatic rings. The minimum absolute atomic E-state index is 0.294. The number of esters is 1. The third-order valence-electron chi connectivity index (χ3n) is 3.52. The van der Waals surface area contributed by atoms with E-state index in [1.54, 1.807) is 30.4 Å². The summed E-state index contributed by atoms with van der Waals surface area (Å²) in [5, 5.41) is 0. The van der Waals surface area contributed by atoms with Gasteiger partial charge in [-0.05, 0) is 59.3 Å². The highest BCUT2D eigenvalue weighted by Crippen LogP contribution is 2.24. The van der Waals surface area contributed by atoms with Gasteiger partial charge in [-0.2, -0.15) is 0 Å². The average Bonchev–Trinajstić information content (AvgIpc) is 2.97. The maximum absolute atomic E-state index is 12.9. The number of rotatable bonds is 4. The lowest BCUT2D eigenvalue weighted by Crippen LogP contribution is -2.29. The molecule has 0 aliphatic carbocycles. The summed E-state index contributed by atoms with van der Waals surface area (Å²) in [7, 11) is 0. The maximum atomic E-state index is 12.9. The molecule has 0 saturated carbocycles. The third kappa shape index (κ3) is 3.88. The number of para-hydroxylation sites is 2. The molecule has 3 rings (SSSR count). The Labute approximate surface area is 156 Å². The largest absolute Gasteiger partial charge is 0.442 e. The van der Waals surface area contributed by atoms with Gasteiger partial charge in [0.2, 0.25) is 0 Å². The molecule has 0 saturated heterocycles. The highest BCUT2D eigenvalue weighted by Gasteiger charge is 2.16. The molecule has 2 aromatic heterocycles. The number of hydrogen-bond donors (Lipinski definition) is 0. The summed E-state index contributed by atoms with van der Waals surface area (Å²) < 4.78 is 7.68. The lowest BCUT2D eigenvalue weighted by atomic mass is 10.2. The monoisotopic (exact) mass is 418 g/mol. The second-order valence-electron chi connectivity index (χ2n) is 5.34. The molecule has 0 bridgehead atoms. The van der Waals surface area contributed by atoms with Crippen LogP contribution in [0.3, 0.4) is 0 Å². The zero-order valence-corrected chi connectivity index (χ0v) is 16.0. The van der Waals surface area contributed by atoms with Gasteiger partial charge in [0, 0.05) is 11.8 Å². The van der Waals surface area contributed by atoms with E-state index >= 15 is 0 Å². The molecule has 1 aromatic carbocycles. The second kappa shape index (κ2) is 7.33. The number of hydrogen-bond acceptors (Lipinski definition) is 5. The zero-order valence-electron chi connectivity index (χ0n) is 13.6. The zero-order chi connectivity index (χ0) is 18.0. The predicted molar refractivity (Wildman–Crippen MR) is 103 cm³/mol. The average molecular weight is 419 g/mol. The molecule has 5 nitrogen and oxygen atoms in total. The van der Waals surface area contributed by atoms with Crippen molar-refractivity contribution in [2.24, 2.45) is 0 Å². The topological polar surface area (TPSA) is 61.2 Å². The summed E-state index contributed by atoms with van der Waals surface area (Å²) in [6.07, 6.45) is 2.81. The Kier molecular flexibility index (Phi) is 5.15. The molecule has 0 N–H and O–H groups in total. The van der Waals surface area contributed by atoms with Crippen molar-refractivity contribution < 1.29 is 9.53 Å². The van der Waals surface area contributed by atoms with Crippen molar-refractivity contribution >= 4 is 56.4 Å². The summed E-state index contributed by atoms with van der Waals surface area (Å²) >= 11 is 4.97. The van der Waals surface area contributed by atoms with Crippen LogP contribution in [0.5, 0.6) is 0 Å². The van der Waals surface area contributed by atoms with Crippen LogP contribution in [0.15, 0.2) is 45.0 Å². The number of halogens is 1. The fourth-order valence-electron chi connectivity index (χ4n) is 2.51. The van der Waals surface area contributed by atoms with Crippen molar-refractivity contribution in [3.63, 3.8) is 0 Å². The van der Waals surface area contributed by atoms with Gasteiger partial charge >= 0.3 is 5.97 Å². The Morgan fingerprint density at radius 2 is 2.04 bits per heavy atom. The summed E-state index contributed by atoms with van der Waals surface area (Å²) in [6.45, 7) is 2.99. The van der Waals surface area contributed by atoms with E-state index in [9.17, 15) is 9.59 Å². The smallest absolute Gasteiger partial charge is 0.304 e. The first kappa shape index (κ1) is 17.6. The van der Waals surface area contributed by atoms with E-state index in [0.717, 1.165) is 8.66 Å². The maximum Gasteiger partial charge on any atom is 0.304 e. The van der Waals surface area contributed by atoms with Crippen molar-refractivity contribution in [1.82, 2.24) is 9.55 Å². The highest BCUT2D eigenvalue weighted by molar-refractivity contribution is 9.11. The Hall–Kier alpha value is -2.25. The molecular weight excluding hydrogens is 404 g/mol. The van der Waals surface area contributed by atoms with Crippen molar-refractivity contribution in [2.45, 2.75) is 20.1 Å². The number of carbonyl (C=O) groups is 1. The lowest BCUT2D eigenvalue weighted by molar-refractivity contribution is -0.149. The van der Waals surface area contributed by atoms with Gasteiger partial charge in [0.25, 0.3) is 5.56 Å². The number of fused-ring (bicyclic) bond motifs is 1. The molecule has 1 unspecified atom stereocenters. The van der Waals surface area contributed by atoms with Crippen LogP contribution in [0.4, 0.5) is 0 Å².